The number of aromatic nitrogens is 3. The highest BCUT2D eigenvalue weighted by Crippen LogP contribution is 2.12. The summed E-state index contributed by atoms with van der Waals surface area (Å²) in [5.41, 5.74) is 8.06. The van der Waals surface area contributed by atoms with Gasteiger partial charge in [-0.25, -0.2) is 5.43 Å². The number of hydrogen-bond donors (Lipinski definition) is 2. The molecule has 1 heterocycles. The molecule has 29 heavy (non-hydrogen) atoms. The molecular formula is C20H21N7O2. The topological polar surface area (TPSA) is 106 Å². The third-order valence-electron chi connectivity index (χ3n) is 3.85. The summed E-state index contributed by atoms with van der Waals surface area (Å²) in [6, 6.07) is 15.0. The number of ether oxygens (including phenoxy) is 2. The summed E-state index contributed by atoms with van der Waals surface area (Å²) in [7, 11) is 3.25. The zero-order chi connectivity index (χ0) is 20.5. The molecule has 0 radical (unpaired) electrons. The minimum absolute atomic E-state index is 0.252. The SMILES string of the molecule is COc1ccc(C=NNc2nnc(C)c(NN=Cc3ccc(OC)cc3)n2)cc1. The molecule has 0 saturated heterocycles. The molecule has 3 rings (SSSR count). The minimum atomic E-state index is 0.252. The van der Waals surface area contributed by atoms with Crippen LogP contribution < -0.4 is 20.3 Å². The van der Waals surface area contributed by atoms with E-state index in [2.05, 4.69) is 36.2 Å². The molecule has 9 nitrogen and oxygen atoms in total. The van der Waals surface area contributed by atoms with Crippen LogP contribution in [0.1, 0.15) is 16.8 Å². The van der Waals surface area contributed by atoms with Crippen LogP contribution in [-0.4, -0.2) is 41.8 Å². The first-order valence-electron chi connectivity index (χ1n) is 8.75. The number of benzene rings is 2. The molecule has 2 N–H and O–H groups in total. The highest BCUT2D eigenvalue weighted by molar-refractivity contribution is 5.81. The van der Waals surface area contributed by atoms with Crippen LogP contribution in [0.15, 0.2) is 58.7 Å². The number of anilines is 2. The molecule has 0 aliphatic carbocycles. The van der Waals surface area contributed by atoms with Crippen LogP contribution in [0.5, 0.6) is 11.5 Å². The maximum atomic E-state index is 5.13. The van der Waals surface area contributed by atoms with Crippen molar-refractivity contribution < 1.29 is 9.47 Å². The zero-order valence-corrected chi connectivity index (χ0v) is 16.3. The highest BCUT2D eigenvalue weighted by Gasteiger charge is 2.04. The summed E-state index contributed by atoms with van der Waals surface area (Å²) in [4.78, 5) is 4.33. The number of aryl methyl sites for hydroxylation is 1. The van der Waals surface area contributed by atoms with E-state index in [0.717, 1.165) is 22.6 Å². The molecule has 2 aromatic carbocycles. The van der Waals surface area contributed by atoms with Gasteiger partial charge < -0.3 is 9.47 Å². The molecule has 9 heteroatoms. The Kier molecular flexibility index (Phi) is 6.66. The van der Waals surface area contributed by atoms with Gasteiger partial charge in [0.15, 0.2) is 5.82 Å². The number of rotatable bonds is 8. The van der Waals surface area contributed by atoms with Crippen molar-refractivity contribution >= 4 is 24.2 Å². The predicted molar refractivity (Wildman–Crippen MR) is 113 cm³/mol. The van der Waals surface area contributed by atoms with Crippen molar-refractivity contribution in [1.29, 1.82) is 0 Å². The maximum absolute atomic E-state index is 5.13. The smallest absolute Gasteiger partial charge is 0.265 e. The van der Waals surface area contributed by atoms with Gasteiger partial charge >= 0.3 is 0 Å². The molecule has 0 amide bonds. The molecule has 0 spiro atoms. The van der Waals surface area contributed by atoms with E-state index in [4.69, 9.17) is 9.47 Å². The van der Waals surface area contributed by atoms with E-state index in [-0.39, 0.29) is 5.95 Å². The lowest BCUT2D eigenvalue weighted by Gasteiger charge is -2.04. The first kappa shape index (κ1) is 19.7. The van der Waals surface area contributed by atoms with Crippen LogP contribution in [0.3, 0.4) is 0 Å². The van der Waals surface area contributed by atoms with Crippen LogP contribution in [0.4, 0.5) is 11.8 Å². The second-order valence-electron chi connectivity index (χ2n) is 5.86. The summed E-state index contributed by atoms with van der Waals surface area (Å²) in [6.07, 6.45) is 3.33. The number of nitrogens with zero attached hydrogens (tertiary/aromatic N) is 5. The lowest BCUT2D eigenvalue weighted by molar-refractivity contribution is 0.414. The van der Waals surface area contributed by atoms with Gasteiger partial charge in [-0.15, -0.1) is 10.2 Å². The van der Waals surface area contributed by atoms with Crippen molar-refractivity contribution in [3.8, 4) is 11.5 Å². The Hall–Kier alpha value is -4.01. The number of hydrogen-bond acceptors (Lipinski definition) is 9. The average molecular weight is 391 g/mol. The lowest BCUT2D eigenvalue weighted by atomic mass is 10.2. The van der Waals surface area contributed by atoms with Crippen LogP contribution in [0.2, 0.25) is 0 Å². The molecule has 0 bridgehead atoms. The van der Waals surface area contributed by atoms with E-state index in [1.807, 2.05) is 48.5 Å². The lowest BCUT2D eigenvalue weighted by Crippen LogP contribution is -2.05. The van der Waals surface area contributed by atoms with Crippen molar-refractivity contribution in [1.82, 2.24) is 15.2 Å². The Morgan fingerprint density at radius 1 is 0.759 bits per heavy atom. The summed E-state index contributed by atoms with van der Waals surface area (Å²) < 4.78 is 10.3. The van der Waals surface area contributed by atoms with E-state index in [0.29, 0.717) is 11.5 Å². The fraction of sp³-hybridized carbons (Fsp3) is 0.150. The second-order valence-corrected chi connectivity index (χ2v) is 5.86. The van der Waals surface area contributed by atoms with E-state index in [9.17, 15) is 0 Å². The summed E-state index contributed by atoms with van der Waals surface area (Å²) in [5.74, 6) is 2.30. The van der Waals surface area contributed by atoms with Gasteiger partial charge in [0.25, 0.3) is 5.95 Å². The fourth-order valence-electron chi connectivity index (χ4n) is 2.24. The van der Waals surface area contributed by atoms with Crippen molar-refractivity contribution in [3.63, 3.8) is 0 Å². The van der Waals surface area contributed by atoms with Gasteiger partial charge in [-0.3, -0.25) is 5.43 Å². The number of hydrazone groups is 2. The summed E-state index contributed by atoms with van der Waals surface area (Å²) in [6.45, 7) is 1.79. The molecule has 148 valence electrons. The molecular weight excluding hydrogens is 370 g/mol. The number of nitrogens with one attached hydrogen (secondary N) is 2. The van der Waals surface area contributed by atoms with Gasteiger partial charge in [-0.05, 0) is 66.6 Å². The standard InChI is InChI=1S/C20H21N7O2/c1-14-19(25-21-12-15-4-8-17(28-2)9-5-15)23-20(27-24-14)26-22-13-16-6-10-18(29-3)11-7-16/h4-13H,1-3H3,(H2,23,25,26,27). The van der Waals surface area contributed by atoms with Gasteiger partial charge in [-0.1, -0.05) is 0 Å². The number of methoxy groups -OCH3 is 2. The average Bonchev–Trinajstić information content (AvgIpc) is 2.76. The first-order valence-corrected chi connectivity index (χ1v) is 8.75. The minimum Gasteiger partial charge on any atom is -0.497 e. The van der Waals surface area contributed by atoms with E-state index in [1.54, 1.807) is 33.6 Å². The Morgan fingerprint density at radius 3 is 1.79 bits per heavy atom. The fourth-order valence-corrected chi connectivity index (χ4v) is 2.24. The molecule has 0 atom stereocenters. The molecule has 0 fully saturated rings. The van der Waals surface area contributed by atoms with Crippen LogP contribution >= 0.6 is 0 Å². The Bertz CT molecular complexity index is 987. The first-order chi connectivity index (χ1) is 14.2. The van der Waals surface area contributed by atoms with Gasteiger partial charge in [-0.2, -0.15) is 15.2 Å². The third kappa shape index (κ3) is 5.73. The van der Waals surface area contributed by atoms with Gasteiger partial charge in [0.2, 0.25) is 0 Å². The second kappa shape index (κ2) is 9.79. The zero-order valence-electron chi connectivity index (χ0n) is 16.3. The normalized spacial score (nSPS) is 11.0. The molecule has 3 aromatic rings. The van der Waals surface area contributed by atoms with Crippen molar-refractivity contribution in [2.45, 2.75) is 6.92 Å². The van der Waals surface area contributed by atoms with E-state index in [1.165, 1.54) is 0 Å². The highest BCUT2D eigenvalue weighted by atomic mass is 16.5. The van der Waals surface area contributed by atoms with Crippen LogP contribution in [0.25, 0.3) is 0 Å². The van der Waals surface area contributed by atoms with Crippen LogP contribution in [0, 0.1) is 6.92 Å². The monoisotopic (exact) mass is 391 g/mol. The Balaban J connectivity index is 1.60. The summed E-state index contributed by atoms with van der Waals surface area (Å²) in [5, 5.41) is 16.3. The van der Waals surface area contributed by atoms with Gasteiger partial charge in [0, 0.05) is 0 Å². The van der Waals surface area contributed by atoms with E-state index < -0.39 is 0 Å². The van der Waals surface area contributed by atoms with Crippen LogP contribution in [-0.2, 0) is 0 Å². The van der Waals surface area contributed by atoms with Gasteiger partial charge in [0.05, 0.1) is 26.6 Å². The molecule has 0 unspecified atom stereocenters. The third-order valence-corrected chi connectivity index (χ3v) is 3.85. The molecule has 1 aromatic heterocycles. The predicted octanol–water partition coefficient (Wildman–Crippen LogP) is 3.09. The Morgan fingerprint density at radius 2 is 1.28 bits per heavy atom. The quantitative estimate of drug-likeness (QED) is 0.449. The van der Waals surface area contributed by atoms with Crippen molar-refractivity contribution in [3.05, 3.63) is 65.4 Å². The maximum Gasteiger partial charge on any atom is 0.265 e. The molecule has 0 aliphatic heterocycles. The van der Waals surface area contributed by atoms with Crippen molar-refractivity contribution in [2.24, 2.45) is 10.2 Å². The Labute approximate surface area is 168 Å². The van der Waals surface area contributed by atoms with E-state index >= 15 is 0 Å². The summed E-state index contributed by atoms with van der Waals surface area (Å²) >= 11 is 0. The molecule has 0 saturated carbocycles. The largest absolute Gasteiger partial charge is 0.497 e. The van der Waals surface area contributed by atoms with Crippen molar-refractivity contribution in [2.75, 3.05) is 25.1 Å². The molecule has 0 aliphatic rings. The van der Waals surface area contributed by atoms with Gasteiger partial charge in [0.1, 0.15) is 17.2 Å².